The van der Waals surface area contributed by atoms with E-state index in [0.717, 1.165) is 40.8 Å². The molecule has 10 heteroatoms. The highest BCUT2D eigenvalue weighted by atomic mass is 35.5. The molecule has 224 valence electrons. The molecule has 3 aromatic heterocycles. The lowest BCUT2D eigenvalue weighted by molar-refractivity contribution is -0.128. The average molecular weight is 608 g/mol. The summed E-state index contributed by atoms with van der Waals surface area (Å²) in [6, 6.07) is 21.2. The Morgan fingerprint density at radius 2 is 1.80 bits per heavy atom. The number of piperidine rings is 1. The van der Waals surface area contributed by atoms with Crippen molar-refractivity contribution in [3.8, 4) is 22.4 Å². The minimum absolute atomic E-state index is 0.0328. The predicted octanol–water partition coefficient (Wildman–Crippen LogP) is 5.82. The molecule has 0 saturated carbocycles. The van der Waals surface area contributed by atoms with E-state index in [1.54, 1.807) is 17.1 Å². The maximum absolute atomic E-state index is 13.6. The molecule has 2 N–H and O–H groups in total. The molecule has 1 fully saturated rings. The third kappa shape index (κ3) is 6.53. The fourth-order valence-electron chi connectivity index (χ4n) is 5.73. The summed E-state index contributed by atoms with van der Waals surface area (Å²) in [6.07, 6.45) is 8.94. The van der Waals surface area contributed by atoms with Crippen LogP contribution in [0, 0.1) is 5.92 Å². The highest BCUT2D eigenvalue weighted by Crippen LogP contribution is 2.35. The number of carbonyl (C=O) groups excluding carboxylic acids is 2. The van der Waals surface area contributed by atoms with Gasteiger partial charge in [-0.25, -0.2) is 0 Å². The van der Waals surface area contributed by atoms with Crippen LogP contribution in [0.25, 0.3) is 22.4 Å². The number of benzene rings is 2. The molecule has 0 unspecified atom stereocenters. The fourth-order valence-corrected chi connectivity index (χ4v) is 5.96. The van der Waals surface area contributed by atoms with Gasteiger partial charge in [0.05, 0.1) is 18.4 Å². The van der Waals surface area contributed by atoms with Crippen molar-refractivity contribution in [1.29, 1.82) is 0 Å². The third-order valence-electron chi connectivity index (χ3n) is 8.09. The summed E-state index contributed by atoms with van der Waals surface area (Å²) in [5.74, 6) is 0.111. The maximum Gasteiger partial charge on any atom is 0.268 e. The molecule has 1 aliphatic heterocycles. The highest BCUT2D eigenvalue weighted by molar-refractivity contribution is 6.33. The standard InChI is InChI=1S/C34H34ClN7O2/c1-24(21-42-15-7-14-38-42)34(44)40-16-12-26(13-17-40)22-41-23-27(18-31(41)33(43)36-19-25-8-3-2-4-9-25)32-29(20-37-39-32)28-10-5-6-11-30(28)35/h2-11,14-15,18,20,23,26H,1,12-13,16-17,19,21-22H2,(H,36,43)(H,37,39). The molecule has 2 amide bonds. The van der Waals surface area contributed by atoms with Gasteiger partial charge in [0.15, 0.2) is 0 Å². The quantitative estimate of drug-likeness (QED) is 0.195. The van der Waals surface area contributed by atoms with Crippen LogP contribution in [0.2, 0.25) is 5.02 Å². The molecule has 0 radical (unpaired) electrons. The Labute approximate surface area is 261 Å². The number of aromatic nitrogens is 5. The van der Waals surface area contributed by atoms with E-state index in [1.165, 1.54) is 0 Å². The first kappa shape index (κ1) is 29.2. The Morgan fingerprint density at radius 3 is 2.55 bits per heavy atom. The molecule has 0 aliphatic carbocycles. The second-order valence-electron chi connectivity index (χ2n) is 11.1. The van der Waals surface area contributed by atoms with Gasteiger partial charge in [0.25, 0.3) is 11.8 Å². The monoisotopic (exact) mass is 607 g/mol. The number of nitrogens with one attached hydrogen (secondary N) is 2. The number of carbonyl (C=O) groups is 2. The second-order valence-corrected chi connectivity index (χ2v) is 11.5. The Kier molecular flexibility index (Phi) is 8.74. The zero-order valence-electron chi connectivity index (χ0n) is 24.3. The molecule has 4 heterocycles. The largest absolute Gasteiger partial charge is 0.347 e. The van der Waals surface area contributed by atoms with Crippen LogP contribution in [0.5, 0.6) is 0 Å². The predicted molar refractivity (Wildman–Crippen MR) is 171 cm³/mol. The Bertz CT molecular complexity index is 1750. The van der Waals surface area contributed by atoms with E-state index in [9.17, 15) is 9.59 Å². The smallest absolute Gasteiger partial charge is 0.268 e. The molecular formula is C34H34ClN7O2. The van der Waals surface area contributed by atoms with E-state index in [0.29, 0.717) is 54.9 Å². The second kappa shape index (κ2) is 13.2. The topological polar surface area (TPSA) is 101 Å². The summed E-state index contributed by atoms with van der Waals surface area (Å²) in [5, 5.41) is 15.3. The SMILES string of the molecule is C=C(Cn1cccn1)C(=O)N1CCC(Cn2cc(-c3[nH]ncc3-c3ccccc3Cl)cc2C(=O)NCc2ccccc2)CC1. The van der Waals surface area contributed by atoms with Crippen molar-refractivity contribution in [1.82, 2.24) is 34.8 Å². The van der Waals surface area contributed by atoms with Crippen LogP contribution < -0.4 is 5.32 Å². The lowest BCUT2D eigenvalue weighted by atomic mass is 9.96. The number of likely N-dealkylation sites (tertiary alicyclic amines) is 1. The lowest BCUT2D eigenvalue weighted by Gasteiger charge is -2.33. The van der Waals surface area contributed by atoms with E-state index >= 15 is 0 Å². The first-order valence-corrected chi connectivity index (χ1v) is 15.1. The number of H-pyrrole nitrogens is 1. The number of nitrogens with zero attached hydrogens (tertiary/aromatic N) is 5. The maximum atomic E-state index is 13.6. The lowest BCUT2D eigenvalue weighted by Crippen LogP contribution is -2.40. The van der Waals surface area contributed by atoms with Gasteiger partial charge in [-0.05, 0) is 42.5 Å². The first-order valence-electron chi connectivity index (χ1n) is 14.7. The summed E-state index contributed by atoms with van der Waals surface area (Å²) in [5.41, 5.74) is 5.50. The van der Waals surface area contributed by atoms with Crippen molar-refractivity contribution < 1.29 is 9.59 Å². The molecule has 1 aliphatic rings. The molecule has 1 saturated heterocycles. The normalized spacial score (nSPS) is 13.6. The summed E-state index contributed by atoms with van der Waals surface area (Å²) in [6.45, 7) is 6.75. The minimum Gasteiger partial charge on any atom is -0.347 e. The van der Waals surface area contributed by atoms with Crippen LogP contribution in [0.1, 0.15) is 28.9 Å². The van der Waals surface area contributed by atoms with Crippen molar-refractivity contribution in [3.05, 3.63) is 120 Å². The summed E-state index contributed by atoms with van der Waals surface area (Å²) < 4.78 is 3.74. The molecule has 44 heavy (non-hydrogen) atoms. The Morgan fingerprint density at radius 1 is 1.02 bits per heavy atom. The fraction of sp³-hybridized carbons (Fsp3) is 0.235. The van der Waals surface area contributed by atoms with Gasteiger partial charge in [0, 0.05) is 72.1 Å². The van der Waals surface area contributed by atoms with Crippen molar-refractivity contribution in [2.75, 3.05) is 13.1 Å². The molecule has 0 atom stereocenters. The zero-order valence-corrected chi connectivity index (χ0v) is 25.1. The molecule has 2 aromatic carbocycles. The van der Waals surface area contributed by atoms with Crippen molar-refractivity contribution in [2.45, 2.75) is 32.5 Å². The van der Waals surface area contributed by atoms with E-state index < -0.39 is 0 Å². The van der Waals surface area contributed by atoms with Crippen molar-refractivity contribution in [2.24, 2.45) is 5.92 Å². The molecule has 5 aromatic rings. The van der Waals surface area contributed by atoms with Crippen LogP contribution in [-0.2, 0) is 24.4 Å². The van der Waals surface area contributed by atoms with Crippen LogP contribution in [0.15, 0.2) is 104 Å². The van der Waals surface area contributed by atoms with Crippen LogP contribution in [0.4, 0.5) is 0 Å². The van der Waals surface area contributed by atoms with E-state index in [2.05, 4.69) is 27.2 Å². The van der Waals surface area contributed by atoms with Gasteiger partial charge in [0.2, 0.25) is 0 Å². The molecule has 0 spiro atoms. The first-order chi connectivity index (χ1) is 21.5. The van der Waals surface area contributed by atoms with Crippen molar-refractivity contribution in [3.63, 3.8) is 0 Å². The van der Waals surface area contributed by atoms with Gasteiger partial charge in [-0.15, -0.1) is 0 Å². The van der Waals surface area contributed by atoms with Crippen LogP contribution in [-0.4, -0.2) is 54.3 Å². The average Bonchev–Trinajstić information content (AvgIpc) is 3.82. The van der Waals surface area contributed by atoms with Crippen LogP contribution in [0.3, 0.4) is 0 Å². The molecule has 9 nitrogen and oxygen atoms in total. The summed E-state index contributed by atoms with van der Waals surface area (Å²) in [4.78, 5) is 28.5. The van der Waals surface area contributed by atoms with Crippen molar-refractivity contribution >= 4 is 23.4 Å². The Hall–Kier alpha value is -4.89. The zero-order chi connectivity index (χ0) is 30.5. The summed E-state index contributed by atoms with van der Waals surface area (Å²) in [7, 11) is 0. The van der Waals surface area contributed by atoms with Gasteiger partial charge < -0.3 is 14.8 Å². The summed E-state index contributed by atoms with van der Waals surface area (Å²) >= 11 is 6.53. The van der Waals surface area contributed by atoms with E-state index in [4.69, 9.17) is 11.6 Å². The number of rotatable bonds is 10. The van der Waals surface area contributed by atoms with Gasteiger partial charge in [-0.3, -0.25) is 19.4 Å². The number of aromatic amines is 1. The molecular weight excluding hydrogens is 574 g/mol. The van der Waals surface area contributed by atoms with E-state index in [1.807, 2.05) is 88.6 Å². The third-order valence-corrected chi connectivity index (χ3v) is 8.42. The Balaban J connectivity index is 1.20. The minimum atomic E-state index is -0.151. The number of hydrogen-bond acceptors (Lipinski definition) is 4. The van der Waals surface area contributed by atoms with E-state index in [-0.39, 0.29) is 11.8 Å². The van der Waals surface area contributed by atoms with Gasteiger partial charge in [-0.1, -0.05) is 66.7 Å². The number of halogens is 1. The van der Waals surface area contributed by atoms with Crippen LogP contribution >= 0.6 is 11.6 Å². The van der Waals surface area contributed by atoms with Gasteiger partial charge >= 0.3 is 0 Å². The van der Waals surface area contributed by atoms with Gasteiger partial charge in [-0.2, -0.15) is 10.2 Å². The highest BCUT2D eigenvalue weighted by Gasteiger charge is 2.26. The number of amides is 2. The number of hydrogen-bond donors (Lipinski definition) is 2. The molecule has 6 rings (SSSR count). The van der Waals surface area contributed by atoms with Gasteiger partial charge in [0.1, 0.15) is 5.69 Å². The molecule has 0 bridgehead atoms.